The Kier molecular flexibility index (Phi) is 6.57. The monoisotopic (exact) mass is 452 g/mol. The van der Waals surface area contributed by atoms with E-state index in [-0.39, 0.29) is 29.7 Å². The molecule has 3 aliphatic carbocycles. The summed E-state index contributed by atoms with van der Waals surface area (Å²) in [5.74, 6) is -0.220. The Morgan fingerprint density at radius 1 is 0.676 bits per heavy atom. The molecule has 0 spiro atoms. The van der Waals surface area contributed by atoms with Crippen LogP contribution in [0.15, 0.2) is 97.1 Å². The highest BCUT2D eigenvalue weighted by molar-refractivity contribution is 5.90. The lowest BCUT2D eigenvalue weighted by Crippen LogP contribution is -2.55. The number of carbonyl (C=O) groups excluding carboxylic acids is 2. The second-order valence-corrected chi connectivity index (χ2v) is 9.14. The summed E-state index contributed by atoms with van der Waals surface area (Å²) in [6, 6.07) is 28.2. The fourth-order valence-corrected chi connectivity index (χ4v) is 5.35. The molecule has 5 unspecified atom stereocenters. The fourth-order valence-electron chi connectivity index (χ4n) is 5.35. The topological polar surface area (TPSA) is 52.6 Å². The zero-order chi connectivity index (χ0) is 23.3. The maximum atomic E-state index is 13.0. The van der Waals surface area contributed by atoms with Crippen LogP contribution in [0.5, 0.6) is 0 Å². The van der Waals surface area contributed by atoms with Crippen molar-refractivity contribution in [1.29, 1.82) is 0 Å². The average Bonchev–Trinajstić information content (AvgIpc) is 2.90. The van der Waals surface area contributed by atoms with Gasteiger partial charge in [0.25, 0.3) is 0 Å². The third kappa shape index (κ3) is 4.81. The molecule has 0 radical (unpaired) electrons. The van der Waals surface area contributed by atoms with Gasteiger partial charge in [-0.3, -0.25) is 0 Å². The third-order valence-electron chi connectivity index (χ3n) is 7.05. The molecule has 5 atom stereocenters. The normalized spacial score (nSPS) is 25.7. The van der Waals surface area contributed by atoms with Crippen molar-refractivity contribution in [1.82, 2.24) is 0 Å². The van der Waals surface area contributed by atoms with Crippen molar-refractivity contribution in [3.63, 3.8) is 0 Å². The summed E-state index contributed by atoms with van der Waals surface area (Å²) >= 11 is 0. The Balaban J connectivity index is 1.39. The lowest BCUT2D eigenvalue weighted by molar-refractivity contribution is -0.134. The van der Waals surface area contributed by atoms with E-state index in [1.807, 2.05) is 54.6 Å². The highest BCUT2D eigenvalue weighted by Crippen LogP contribution is 2.48. The first-order valence-corrected chi connectivity index (χ1v) is 11.9. The van der Waals surface area contributed by atoms with E-state index in [2.05, 4.69) is 24.3 Å². The van der Waals surface area contributed by atoms with Gasteiger partial charge in [-0.25, -0.2) is 9.59 Å². The second kappa shape index (κ2) is 10.1. The van der Waals surface area contributed by atoms with Gasteiger partial charge in [0.05, 0.1) is 11.1 Å². The Morgan fingerprint density at radius 3 is 1.79 bits per heavy atom. The number of allylic oxidation sites excluding steroid dienone is 1. The predicted molar refractivity (Wildman–Crippen MR) is 131 cm³/mol. The van der Waals surface area contributed by atoms with Crippen molar-refractivity contribution < 1.29 is 19.1 Å². The van der Waals surface area contributed by atoms with E-state index >= 15 is 0 Å². The molecule has 3 aromatic rings. The van der Waals surface area contributed by atoms with Crippen LogP contribution >= 0.6 is 0 Å². The van der Waals surface area contributed by atoms with Gasteiger partial charge in [-0.05, 0) is 55.0 Å². The molecule has 6 rings (SSSR count). The number of fused-ring (bicyclic) bond motifs is 3. The van der Waals surface area contributed by atoms with Crippen LogP contribution in [0.3, 0.4) is 0 Å². The van der Waals surface area contributed by atoms with Gasteiger partial charge in [-0.1, -0.05) is 78.9 Å². The highest BCUT2D eigenvalue weighted by atomic mass is 16.6. The molecule has 3 aromatic carbocycles. The first-order valence-electron chi connectivity index (χ1n) is 11.9. The Labute approximate surface area is 200 Å². The number of esters is 2. The Morgan fingerprint density at radius 2 is 1.21 bits per heavy atom. The van der Waals surface area contributed by atoms with Crippen LogP contribution in [0.4, 0.5) is 0 Å². The number of rotatable bonds is 6. The van der Waals surface area contributed by atoms with Crippen LogP contribution in [0.2, 0.25) is 0 Å². The summed E-state index contributed by atoms with van der Waals surface area (Å²) in [4.78, 5) is 25.9. The molecule has 0 saturated heterocycles. The first-order chi connectivity index (χ1) is 16.7. The maximum Gasteiger partial charge on any atom is 0.338 e. The third-order valence-corrected chi connectivity index (χ3v) is 7.05. The fraction of sp³-hybridized carbons (Fsp3) is 0.267. The van der Waals surface area contributed by atoms with Crippen LogP contribution in [0, 0.1) is 17.8 Å². The number of ether oxygens (including phenoxy) is 2. The Bertz CT molecular complexity index is 1140. The molecule has 0 heterocycles. The number of hydrogen-bond donors (Lipinski definition) is 0. The predicted octanol–water partition coefficient (Wildman–Crippen LogP) is 6.20. The average molecular weight is 453 g/mol. The lowest BCUT2D eigenvalue weighted by Gasteiger charge is -2.50. The molecular weight excluding hydrogens is 424 g/mol. The molecule has 0 aromatic heterocycles. The van der Waals surface area contributed by atoms with Gasteiger partial charge in [-0.2, -0.15) is 0 Å². The number of benzene rings is 3. The summed E-state index contributed by atoms with van der Waals surface area (Å²) in [5, 5.41) is 0. The van der Waals surface area contributed by atoms with Crippen molar-refractivity contribution in [2.75, 3.05) is 0 Å². The SMILES string of the molecule is O=C(OC1C2CCC(C(/C=C/c3ccccc3)C2)C1OC(=O)c1ccccc1)c1ccccc1. The van der Waals surface area contributed by atoms with Gasteiger partial charge in [0.15, 0.2) is 0 Å². The minimum absolute atomic E-state index is 0.103. The zero-order valence-corrected chi connectivity index (χ0v) is 19.0. The minimum atomic E-state index is -0.474. The van der Waals surface area contributed by atoms with Gasteiger partial charge in [0.1, 0.15) is 12.2 Å². The zero-order valence-electron chi connectivity index (χ0n) is 19.0. The largest absolute Gasteiger partial charge is 0.455 e. The van der Waals surface area contributed by atoms with Crippen LogP contribution in [0.1, 0.15) is 45.5 Å². The number of hydrogen-bond acceptors (Lipinski definition) is 4. The van der Waals surface area contributed by atoms with Gasteiger partial charge in [-0.15, -0.1) is 0 Å². The van der Waals surface area contributed by atoms with Gasteiger partial charge in [0, 0.05) is 11.8 Å². The molecule has 4 nitrogen and oxygen atoms in total. The van der Waals surface area contributed by atoms with Gasteiger partial charge in [0.2, 0.25) is 0 Å². The molecule has 4 heteroatoms. The van der Waals surface area contributed by atoms with Gasteiger partial charge < -0.3 is 9.47 Å². The molecule has 34 heavy (non-hydrogen) atoms. The summed E-state index contributed by atoms with van der Waals surface area (Å²) < 4.78 is 12.1. The Hall–Kier alpha value is -3.66. The molecular formula is C30H28O4. The lowest BCUT2D eigenvalue weighted by atomic mass is 9.61. The highest BCUT2D eigenvalue weighted by Gasteiger charge is 2.52. The first kappa shape index (κ1) is 22.1. The van der Waals surface area contributed by atoms with Crippen molar-refractivity contribution in [3.8, 4) is 0 Å². The molecule has 0 aliphatic heterocycles. The van der Waals surface area contributed by atoms with E-state index < -0.39 is 12.2 Å². The van der Waals surface area contributed by atoms with Crippen LogP contribution in [0.25, 0.3) is 6.08 Å². The molecule has 0 N–H and O–H groups in total. The molecule has 3 aliphatic rings. The summed E-state index contributed by atoms with van der Waals surface area (Å²) in [6.07, 6.45) is 6.29. The quantitative estimate of drug-likeness (QED) is 0.418. The molecule has 2 bridgehead atoms. The second-order valence-electron chi connectivity index (χ2n) is 9.14. The summed E-state index contributed by atoms with van der Waals surface area (Å²) in [6.45, 7) is 0. The molecule has 3 saturated carbocycles. The van der Waals surface area contributed by atoms with E-state index in [1.165, 1.54) is 0 Å². The van der Waals surface area contributed by atoms with E-state index in [1.54, 1.807) is 24.3 Å². The van der Waals surface area contributed by atoms with Crippen LogP contribution < -0.4 is 0 Å². The maximum absolute atomic E-state index is 13.0. The smallest absolute Gasteiger partial charge is 0.338 e. The molecule has 172 valence electrons. The van der Waals surface area contributed by atoms with Crippen LogP contribution in [-0.2, 0) is 9.47 Å². The van der Waals surface area contributed by atoms with Crippen molar-refractivity contribution in [3.05, 3.63) is 114 Å². The minimum Gasteiger partial charge on any atom is -0.455 e. The van der Waals surface area contributed by atoms with E-state index in [0.29, 0.717) is 11.1 Å². The van der Waals surface area contributed by atoms with Crippen molar-refractivity contribution in [2.24, 2.45) is 17.8 Å². The van der Waals surface area contributed by atoms with Crippen LogP contribution in [-0.4, -0.2) is 24.1 Å². The van der Waals surface area contributed by atoms with Gasteiger partial charge >= 0.3 is 11.9 Å². The standard InChI is InChI=1S/C30H28O4/c31-29(22-12-6-2-7-13-22)33-27-25-18-19-26(24(20-25)17-16-21-10-4-1-5-11-21)28(27)34-30(32)23-14-8-3-9-15-23/h1-17,24-28H,18-20H2/b17-16+. The molecule has 0 amide bonds. The van der Waals surface area contributed by atoms with Crippen molar-refractivity contribution in [2.45, 2.75) is 31.5 Å². The van der Waals surface area contributed by atoms with E-state index in [0.717, 1.165) is 24.8 Å². The molecule has 3 fully saturated rings. The van der Waals surface area contributed by atoms with E-state index in [9.17, 15) is 9.59 Å². The summed E-state index contributed by atoms with van der Waals surface area (Å²) in [5.41, 5.74) is 2.17. The summed E-state index contributed by atoms with van der Waals surface area (Å²) in [7, 11) is 0. The number of carbonyl (C=O) groups is 2. The van der Waals surface area contributed by atoms with Crippen molar-refractivity contribution >= 4 is 18.0 Å². The van der Waals surface area contributed by atoms with E-state index in [4.69, 9.17) is 9.47 Å².